The molecule has 148 valence electrons. The third kappa shape index (κ3) is 5.84. The largest absolute Gasteiger partial charge is 0.492 e. The molecule has 0 unspecified atom stereocenters. The van der Waals surface area contributed by atoms with Gasteiger partial charge >= 0.3 is 0 Å². The lowest BCUT2D eigenvalue weighted by Gasteiger charge is -2.19. The molecule has 26 heavy (non-hydrogen) atoms. The van der Waals surface area contributed by atoms with E-state index < -0.39 is 10.0 Å². The maximum Gasteiger partial charge on any atom is 0.246 e. The Balaban J connectivity index is 0.00000338. The highest BCUT2D eigenvalue weighted by Gasteiger charge is 2.30. The van der Waals surface area contributed by atoms with Crippen LogP contribution in [0.4, 0.5) is 5.69 Å². The zero-order valence-electron chi connectivity index (χ0n) is 15.3. The number of anilines is 1. The predicted molar refractivity (Wildman–Crippen MR) is 105 cm³/mol. The monoisotopic (exact) mass is 405 g/mol. The first-order valence-electron chi connectivity index (χ1n) is 8.70. The van der Waals surface area contributed by atoms with E-state index in [2.05, 4.69) is 10.6 Å². The van der Waals surface area contributed by atoms with E-state index in [1.165, 1.54) is 10.4 Å². The van der Waals surface area contributed by atoms with E-state index in [1.54, 1.807) is 12.1 Å². The van der Waals surface area contributed by atoms with Gasteiger partial charge in [0.2, 0.25) is 15.9 Å². The van der Waals surface area contributed by atoms with Crippen molar-refractivity contribution in [3.05, 3.63) is 18.2 Å². The van der Waals surface area contributed by atoms with Crippen LogP contribution in [0.1, 0.15) is 32.6 Å². The fourth-order valence-electron chi connectivity index (χ4n) is 2.78. The summed E-state index contributed by atoms with van der Waals surface area (Å²) < 4.78 is 32.8. The van der Waals surface area contributed by atoms with E-state index in [-0.39, 0.29) is 23.2 Å². The molecule has 0 bridgehead atoms. The number of carbonyl (C=O) groups is 1. The minimum atomic E-state index is -3.62. The van der Waals surface area contributed by atoms with E-state index in [9.17, 15) is 13.2 Å². The Morgan fingerprint density at radius 1 is 1.27 bits per heavy atom. The van der Waals surface area contributed by atoms with Crippen molar-refractivity contribution in [1.29, 1.82) is 0 Å². The summed E-state index contributed by atoms with van der Waals surface area (Å²) in [6, 6.07) is 4.77. The van der Waals surface area contributed by atoms with E-state index in [4.69, 9.17) is 4.74 Å². The number of sulfonamides is 1. The van der Waals surface area contributed by atoms with Crippen molar-refractivity contribution in [1.82, 2.24) is 9.62 Å². The Morgan fingerprint density at radius 3 is 2.58 bits per heavy atom. The zero-order chi connectivity index (χ0) is 18.3. The lowest BCUT2D eigenvalue weighted by molar-refractivity contribution is -0.116. The number of nitrogens with zero attached hydrogens (tertiary/aromatic N) is 1. The summed E-state index contributed by atoms with van der Waals surface area (Å²) in [4.78, 5) is 12.1. The first-order chi connectivity index (χ1) is 12.0. The zero-order valence-corrected chi connectivity index (χ0v) is 16.9. The Labute approximate surface area is 161 Å². The quantitative estimate of drug-likeness (QED) is 0.615. The highest BCUT2D eigenvalue weighted by molar-refractivity contribution is 7.89. The van der Waals surface area contributed by atoms with Crippen LogP contribution in [-0.4, -0.2) is 51.9 Å². The lowest BCUT2D eigenvalue weighted by Crippen LogP contribution is -2.28. The molecule has 1 aliphatic heterocycles. The molecule has 0 atom stereocenters. The number of hydrogen-bond donors (Lipinski definition) is 2. The van der Waals surface area contributed by atoms with Gasteiger partial charge in [-0.2, -0.15) is 4.31 Å². The van der Waals surface area contributed by atoms with Crippen molar-refractivity contribution < 1.29 is 17.9 Å². The fourth-order valence-corrected chi connectivity index (χ4v) is 4.45. The average molecular weight is 406 g/mol. The summed E-state index contributed by atoms with van der Waals surface area (Å²) in [5.41, 5.74) is 0.468. The number of amides is 1. The minimum absolute atomic E-state index is 0. The van der Waals surface area contributed by atoms with Crippen molar-refractivity contribution in [2.45, 2.75) is 37.5 Å². The molecular formula is C17H28ClN3O4S. The predicted octanol–water partition coefficient (Wildman–Crippen LogP) is 2.23. The Hall–Kier alpha value is -1.35. The number of rotatable bonds is 9. The van der Waals surface area contributed by atoms with Crippen LogP contribution in [0, 0.1) is 0 Å². The SMILES string of the molecule is CCOc1ccc(NC(=O)CCCNC)cc1S(=O)(=O)N1CCCC1.Cl. The Morgan fingerprint density at radius 2 is 1.96 bits per heavy atom. The molecule has 7 nitrogen and oxygen atoms in total. The smallest absolute Gasteiger partial charge is 0.246 e. The lowest BCUT2D eigenvalue weighted by atomic mass is 10.2. The first kappa shape index (κ1) is 22.7. The molecule has 2 N–H and O–H groups in total. The second kappa shape index (κ2) is 10.7. The second-order valence-corrected chi connectivity index (χ2v) is 7.87. The Bertz CT molecular complexity index is 691. The number of nitrogens with one attached hydrogen (secondary N) is 2. The molecule has 0 radical (unpaired) electrons. The van der Waals surface area contributed by atoms with Crippen LogP contribution in [-0.2, 0) is 14.8 Å². The molecule has 1 fully saturated rings. The van der Waals surface area contributed by atoms with Crippen molar-refractivity contribution in [2.24, 2.45) is 0 Å². The van der Waals surface area contributed by atoms with Gasteiger partial charge in [0, 0.05) is 25.2 Å². The average Bonchev–Trinajstić information content (AvgIpc) is 3.12. The first-order valence-corrected chi connectivity index (χ1v) is 10.1. The molecule has 1 aromatic carbocycles. The van der Waals surface area contributed by atoms with Gasteiger partial charge < -0.3 is 15.4 Å². The highest BCUT2D eigenvalue weighted by atomic mass is 35.5. The van der Waals surface area contributed by atoms with Crippen LogP contribution in [0.2, 0.25) is 0 Å². The van der Waals surface area contributed by atoms with Crippen LogP contribution >= 0.6 is 12.4 Å². The molecule has 0 spiro atoms. The molecule has 0 aliphatic carbocycles. The minimum Gasteiger partial charge on any atom is -0.492 e. The summed E-state index contributed by atoms with van der Waals surface area (Å²) >= 11 is 0. The number of halogens is 1. The maximum absolute atomic E-state index is 12.9. The van der Waals surface area contributed by atoms with E-state index >= 15 is 0 Å². The summed E-state index contributed by atoms with van der Waals surface area (Å²) in [5.74, 6) is 0.187. The van der Waals surface area contributed by atoms with Gasteiger partial charge in [-0.15, -0.1) is 12.4 Å². The third-order valence-corrected chi connectivity index (χ3v) is 5.96. The molecule has 1 amide bonds. The number of carbonyl (C=O) groups excluding carboxylic acids is 1. The molecule has 1 aromatic rings. The maximum atomic E-state index is 12.9. The molecule has 1 saturated heterocycles. The Kier molecular flexibility index (Phi) is 9.35. The second-order valence-electron chi connectivity index (χ2n) is 5.96. The fraction of sp³-hybridized carbons (Fsp3) is 0.588. The summed E-state index contributed by atoms with van der Waals surface area (Å²) in [6.45, 7) is 3.98. The molecule has 1 heterocycles. The van der Waals surface area contributed by atoms with Crippen LogP contribution in [0.5, 0.6) is 5.75 Å². The van der Waals surface area contributed by atoms with Crippen molar-refractivity contribution >= 4 is 34.0 Å². The molecule has 9 heteroatoms. The van der Waals surface area contributed by atoms with Gasteiger partial charge in [-0.1, -0.05) is 0 Å². The van der Waals surface area contributed by atoms with E-state index in [0.717, 1.165) is 25.8 Å². The summed E-state index contributed by atoms with van der Waals surface area (Å²) in [6.07, 6.45) is 2.83. The molecule has 0 saturated carbocycles. The molecule has 0 aromatic heterocycles. The van der Waals surface area contributed by atoms with Gasteiger partial charge in [-0.25, -0.2) is 8.42 Å². The van der Waals surface area contributed by atoms with Gasteiger partial charge in [0.15, 0.2) is 0 Å². The van der Waals surface area contributed by atoms with E-state index in [0.29, 0.717) is 37.6 Å². The molecular weight excluding hydrogens is 378 g/mol. The number of ether oxygens (including phenoxy) is 1. The standard InChI is InChI=1S/C17H27N3O4S.ClH/c1-3-24-15-9-8-14(19-17(21)7-6-10-18-2)13-16(15)25(22,23)20-11-4-5-12-20;/h8-9,13,18H,3-7,10-12H2,1-2H3,(H,19,21);1H. The van der Waals surface area contributed by atoms with Gasteiger partial charge in [0.25, 0.3) is 0 Å². The topological polar surface area (TPSA) is 87.7 Å². The van der Waals surface area contributed by atoms with Crippen LogP contribution < -0.4 is 15.4 Å². The van der Waals surface area contributed by atoms with Crippen LogP contribution in [0.15, 0.2) is 23.1 Å². The van der Waals surface area contributed by atoms with Gasteiger partial charge in [-0.3, -0.25) is 4.79 Å². The molecule has 1 aliphatic rings. The number of benzene rings is 1. The van der Waals surface area contributed by atoms with Crippen LogP contribution in [0.3, 0.4) is 0 Å². The normalized spacial score (nSPS) is 14.7. The summed E-state index contributed by atoms with van der Waals surface area (Å²) in [5, 5.41) is 5.76. The van der Waals surface area contributed by atoms with E-state index in [1.807, 2.05) is 14.0 Å². The van der Waals surface area contributed by atoms with Gasteiger partial charge in [-0.05, 0) is 58.0 Å². The van der Waals surface area contributed by atoms with Crippen molar-refractivity contribution in [3.8, 4) is 5.75 Å². The van der Waals surface area contributed by atoms with Crippen molar-refractivity contribution in [2.75, 3.05) is 38.6 Å². The van der Waals surface area contributed by atoms with Crippen LogP contribution in [0.25, 0.3) is 0 Å². The third-order valence-electron chi connectivity index (χ3n) is 4.04. The summed E-state index contributed by atoms with van der Waals surface area (Å²) in [7, 11) is -1.79. The van der Waals surface area contributed by atoms with Crippen molar-refractivity contribution in [3.63, 3.8) is 0 Å². The molecule has 2 rings (SSSR count). The highest BCUT2D eigenvalue weighted by Crippen LogP contribution is 2.31. The van der Waals surface area contributed by atoms with Gasteiger partial charge in [0.05, 0.1) is 6.61 Å². The van der Waals surface area contributed by atoms with Gasteiger partial charge in [0.1, 0.15) is 10.6 Å². The number of hydrogen-bond acceptors (Lipinski definition) is 5.